The first kappa shape index (κ1) is 17.0. The van der Waals surface area contributed by atoms with Crippen LogP contribution < -0.4 is 5.32 Å². The van der Waals surface area contributed by atoms with E-state index in [2.05, 4.69) is 33.4 Å². The van der Waals surface area contributed by atoms with Gasteiger partial charge in [0.1, 0.15) is 9.84 Å². The molecular weight excluding hydrogens is 346 g/mol. The number of nitrogens with one attached hydrogen (secondary N) is 1. The second kappa shape index (κ2) is 8.29. The lowest BCUT2D eigenvalue weighted by Crippen LogP contribution is -2.28. The van der Waals surface area contributed by atoms with Crippen LogP contribution in [0.3, 0.4) is 0 Å². The number of benzene rings is 1. The van der Waals surface area contributed by atoms with E-state index in [1.807, 2.05) is 19.2 Å². The minimum Gasteiger partial charge on any atom is -0.316 e. The van der Waals surface area contributed by atoms with Gasteiger partial charge in [-0.1, -0.05) is 15.9 Å². The van der Waals surface area contributed by atoms with Gasteiger partial charge in [-0.3, -0.25) is 0 Å². The van der Waals surface area contributed by atoms with E-state index in [1.54, 1.807) is 11.8 Å². The maximum atomic E-state index is 11.1. The molecule has 3 nitrogen and oxygen atoms in total. The van der Waals surface area contributed by atoms with Gasteiger partial charge in [-0.25, -0.2) is 8.42 Å². The number of halogens is 1. The fourth-order valence-electron chi connectivity index (χ4n) is 1.63. The first-order chi connectivity index (χ1) is 8.90. The summed E-state index contributed by atoms with van der Waals surface area (Å²) >= 11 is 5.20. The number of rotatable bonds is 8. The standard InChI is InChI=1S/C13H20BrNO2S2/c1-15-12(4-3-9-19(2,16)17)10-18-13-7-5-11(14)6-8-13/h5-8,12,15H,3-4,9-10H2,1-2H3. The van der Waals surface area contributed by atoms with E-state index in [-0.39, 0.29) is 5.75 Å². The summed E-state index contributed by atoms with van der Waals surface area (Å²) in [6.45, 7) is 0. The Morgan fingerprint density at radius 2 is 1.95 bits per heavy atom. The third kappa shape index (κ3) is 7.97. The summed E-state index contributed by atoms with van der Waals surface area (Å²) in [7, 11) is -0.916. The predicted molar refractivity (Wildman–Crippen MR) is 86.7 cm³/mol. The Labute approximate surface area is 128 Å². The fourth-order valence-corrected chi connectivity index (χ4v) is 3.64. The topological polar surface area (TPSA) is 46.2 Å². The summed E-state index contributed by atoms with van der Waals surface area (Å²) in [5.74, 6) is 1.22. The molecule has 1 aromatic carbocycles. The van der Waals surface area contributed by atoms with Gasteiger partial charge in [0.05, 0.1) is 0 Å². The molecule has 0 aliphatic rings. The van der Waals surface area contributed by atoms with Crippen LogP contribution in [0.4, 0.5) is 0 Å². The molecule has 0 radical (unpaired) electrons. The molecule has 0 aliphatic heterocycles. The smallest absolute Gasteiger partial charge is 0.147 e. The molecule has 1 aromatic rings. The van der Waals surface area contributed by atoms with Gasteiger partial charge in [0, 0.05) is 33.2 Å². The van der Waals surface area contributed by atoms with Crippen molar-refractivity contribution in [3.05, 3.63) is 28.7 Å². The maximum absolute atomic E-state index is 11.1. The monoisotopic (exact) mass is 365 g/mol. The van der Waals surface area contributed by atoms with Crippen LogP contribution in [0.25, 0.3) is 0 Å². The molecule has 0 fully saturated rings. The molecular formula is C13H20BrNO2S2. The van der Waals surface area contributed by atoms with Crippen molar-refractivity contribution in [1.82, 2.24) is 5.32 Å². The molecule has 1 unspecified atom stereocenters. The molecule has 0 aromatic heterocycles. The molecule has 1 atom stereocenters. The average Bonchev–Trinajstić information content (AvgIpc) is 2.34. The van der Waals surface area contributed by atoms with Crippen molar-refractivity contribution in [3.63, 3.8) is 0 Å². The van der Waals surface area contributed by atoms with Crippen LogP contribution >= 0.6 is 27.7 Å². The molecule has 0 spiro atoms. The predicted octanol–water partition coefficient (Wildman–Crippen LogP) is 2.95. The molecule has 0 aliphatic carbocycles. The van der Waals surface area contributed by atoms with E-state index in [0.29, 0.717) is 12.5 Å². The van der Waals surface area contributed by atoms with Crippen molar-refractivity contribution < 1.29 is 8.42 Å². The van der Waals surface area contributed by atoms with E-state index < -0.39 is 9.84 Å². The minimum atomic E-state index is -2.84. The van der Waals surface area contributed by atoms with Gasteiger partial charge in [0.2, 0.25) is 0 Å². The summed E-state index contributed by atoms with van der Waals surface area (Å²) in [5.41, 5.74) is 0. The van der Waals surface area contributed by atoms with Crippen LogP contribution in [0.5, 0.6) is 0 Å². The van der Waals surface area contributed by atoms with Crippen molar-refractivity contribution in [1.29, 1.82) is 0 Å². The van der Waals surface area contributed by atoms with Crippen LogP contribution in [0.15, 0.2) is 33.6 Å². The Morgan fingerprint density at radius 3 is 2.47 bits per heavy atom. The molecule has 0 bridgehead atoms. The minimum absolute atomic E-state index is 0.272. The van der Waals surface area contributed by atoms with Gasteiger partial charge in [0.25, 0.3) is 0 Å². The number of hydrogen-bond donors (Lipinski definition) is 1. The van der Waals surface area contributed by atoms with Crippen LogP contribution in [0.1, 0.15) is 12.8 Å². The highest BCUT2D eigenvalue weighted by Crippen LogP contribution is 2.22. The van der Waals surface area contributed by atoms with Gasteiger partial charge >= 0.3 is 0 Å². The maximum Gasteiger partial charge on any atom is 0.147 e. The van der Waals surface area contributed by atoms with Crippen molar-refractivity contribution in [3.8, 4) is 0 Å². The van der Waals surface area contributed by atoms with Gasteiger partial charge in [-0.15, -0.1) is 11.8 Å². The van der Waals surface area contributed by atoms with Gasteiger partial charge in [-0.05, 0) is 44.2 Å². The van der Waals surface area contributed by atoms with Crippen LogP contribution in [0.2, 0.25) is 0 Å². The van der Waals surface area contributed by atoms with Crippen molar-refractivity contribution >= 4 is 37.5 Å². The summed E-state index contributed by atoms with van der Waals surface area (Å²) in [4.78, 5) is 1.23. The Balaban J connectivity index is 2.34. The van der Waals surface area contributed by atoms with Crippen LogP contribution in [-0.2, 0) is 9.84 Å². The van der Waals surface area contributed by atoms with E-state index >= 15 is 0 Å². The number of hydrogen-bond acceptors (Lipinski definition) is 4. The third-order valence-electron chi connectivity index (χ3n) is 2.74. The Morgan fingerprint density at radius 1 is 1.32 bits per heavy atom. The highest BCUT2D eigenvalue weighted by Gasteiger charge is 2.09. The first-order valence-corrected chi connectivity index (χ1v) is 9.98. The summed E-state index contributed by atoms with van der Waals surface area (Å²) in [6, 6.07) is 8.56. The van der Waals surface area contributed by atoms with Gasteiger partial charge in [0.15, 0.2) is 0 Å². The van der Waals surface area contributed by atoms with Crippen molar-refractivity contribution in [2.75, 3.05) is 24.8 Å². The average molecular weight is 366 g/mol. The zero-order valence-electron chi connectivity index (χ0n) is 11.2. The third-order valence-corrected chi connectivity index (χ3v) is 5.47. The van der Waals surface area contributed by atoms with Crippen molar-refractivity contribution in [2.24, 2.45) is 0 Å². The molecule has 0 saturated carbocycles. The lowest BCUT2D eigenvalue weighted by atomic mass is 10.2. The van der Waals surface area contributed by atoms with Crippen LogP contribution in [0, 0.1) is 0 Å². The quantitative estimate of drug-likeness (QED) is 0.719. The molecule has 1 rings (SSSR count). The Hall–Kier alpha value is -0.0400. The second-order valence-corrected chi connectivity index (χ2v) is 8.79. The Kier molecular flexibility index (Phi) is 7.42. The molecule has 1 N–H and O–H groups in total. The largest absolute Gasteiger partial charge is 0.316 e. The first-order valence-electron chi connectivity index (χ1n) is 6.14. The van der Waals surface area contributed by atoms with Crippen LogP contribution in [-0.4, -0.2) is 39.3 Å². The molecule has 19 heavy (non-hydrogen) atoms. The number of sulfone groups is 1. The Bertz CT molecular complexity index is 474. The molecule has 108 valence electrons. The lowest BCUT2D eigenvalue weighted by Gasteiger charge is -2.15. The zero-order valence-corrected chi connectivity index (χ0v) is 14.4. The SMILES string of the molecule is CNC(CCCS(C)(=O)=O)CSc1ccc(Br)cc1. The molecule has 0 amide bonds. The highest BCUT2D eigenvalue weighted by molar-refractivity contribution is 9.10. The second-order valence-electron chi connectivity index (χ2n) is 4.52. The summed E-state index contributed by atoms with van der Waals surface area (Å²) in [5, 5.41) is 3.25. The molecule has 0 heterocycles. The van der Waals surface area contributed by atoms with Gasteiger partial charge in [-0.2, -0.15) is 0 Å². The fraction of sp³-hybridized carbons (Fsp3) is 0.538. The lowest BCUT2D eigenvalue weighted by molar-refractivity contribution is 0.556. The molecule has 6 heteroatoms. The summed E-state index contributed by atoms with van der Waals surface area (Å²) in [6.07, 6.45) is 2.89. The van der Waals surface area contributed by atoms with E-state index in [4.69, 9.17) is 0 Å². The van der Waals surface area contributed by atoms with Crippen molar-refractivity contribution in [2.45, 2.75) is 23.8 Å². The van der Waals surface area contributed by atoms with E-state index in [1.165, 1.54) is 11.2 Å². The van der Waals surface area contributed by atoms with E-state index in [9.17, 15) is 8.42 Å². The van der Waals surface area contributed by atoms with E-state index in [0.717, 1.165) is 16.6 Å². The zero-order chi connectivity index (χ0) is 14.3. The molecule has 0 saturated heterocycles. The highest BCUT2D eigenvalue weighted by atomic mass is 79.9. The normalized spacial score (nSPS) is 13.4. The summed E-state index contributed by atoms with van der Waals surface area (Å²) < 4.78 is 23.2. The van der Waals surface area contributed by atoms with Gasteiger partial charge < -0.3 is 5.32 Å². The number of thioether (sulfide) groups is 1.